The van der Waals surface area contributed by atoms with E-state index >= 15 is 0 Å². The Balaban J connectivity index is 2.23. The van der Waals surface area contributed by atoms with Gasteiger partial charge in [0, 0.05) is 17.8 Å². The van der Waals surface area contributed by atoms with Crippen LogP contribution in [0.3, 0.4) is 0 Å². The molecule has 0 bridgehead atoms. The van der Waals surface area contributed by atoms with Crippen molar-refractivity contribution >= 4 is 43.2 Å². The van der Waals surface area contributed by atoms with E-state index in [2.05, 4.69) is 37.2 Å². The first-order valence-electron chi connectivity index (χ1n) is 6.04. The highest BCUT2D eigenvalue weighted by molar-refractivity contribution is 9.10. The Kier molecular flexibility index (Phi) is 4.95. The Morgan fingerprint density at radius 2 is 1.90 bits per heavy atom. The monoisotopic (exact) mass is 416 g/mol. The number of nitro groups is 1. The predicted octanol–water partition coefficient (Wildman–Crippen LogP) is 5.43. The van der Waals surface area contributed by atoms with E-state index in [0.717, 1.165) is 5.56 Å². The van der Waals surface area contributed by atoms with E-state index in [4.69, 9.17) is 0 Å². The highest BCUT2D eigenvalue weighted by Crippen LogP contribution is 2.30. The van der Waals surface area contributed by atoms with E-state index in [-0.39, 0.29) is 17.5 Å². The van der Waals surface area contributed by atoms with Crippen molar-refractivity contribution in [2.24, 2.45) is 0 Å². The maximum absolute atomic E-state index is 13.2. The number of hydrogen-bond donors (Lipinski definition) is 1. The fraction of sp³-hybridized carbons (Fsp3) is 0.143. The lowest BCUT2D eigenvalue weighted by atomic mass is 10.1. The molecule has 0 aliphatic carbocycles. The summed E-state index contributed by atoms with van der Waals surface area (Å²) in [6.07, 6.45) is 0. The van der Waals surface area contributed by atoms with Crippen LogP contribution in [0, 0.1) is 15.9 Å². The van der Waals surface area contributed by atoms with Crippen LogP contribution < -0.4 is 5.32 Å². The molecule has 0 heterocycles. The van der Waals surface area contributed by atoms with Crippen molar-refractivity contribution in [1.29, 1.82) is 0 Å². The van der Waals surface area contributed by atoms with Crippen LogP contribution in [-0.2, 0) is 0 Å². The van der Waals surface area contributed by atoms with Crippen molar-refractivity contribution in [3.05, 3.63) is 66.8 Å². The molecule has 1 atom stereocenters. The van der Waals surface area contributed by atoms with Gasteiger partial charge in [0.15, 0.2) is 0 Å². The number of nitrogens with one attached hydrogen (secondary N) is 1. The van der Waals surface area contributed by atoms with Crippen LogP contribution >= 0.6 is 31.9 Å². The maximum Gasteiger partial charge on any atom is 0.285 e. The van der Waals surface area contributed by atoms with Gasteiger partial charge < -0.3 is 5.32 Å². The fourth-order valence-electron chi connectivity index (χ4n) is 1.86. The molecule has 0 saturated carbocycles. The average Bonchev–Trinajstić information content (AvgIpc) is 2.43. The molecule has 4 nitrogen and oxygen atoms in total. The second-order valence-electron chi connectivity index (χ2n) is 4.46. The summed E-state index contributed by atoms with van der Waals surface area (Å²) in [4.78, 5) is 10.5. The van der Waals surface area contributed by atoms with Crippen LogP contribution in [0.4, 0.5) is 15.8 Å². The quantitative estimate of drug-likeness (QED) is 0.532. The van der Waals surface area contributed by atoms with Gasteiger partial charge in [0.05, 0.1) is 13.9 Å². The van der Waals surface area contributed by atoms with Gasteiger partial charge in [-0.2, -0.15) is 0 Å². The number of nitro benzene ring substituents is 1. The molecular formula is C14H11Br2FN2O2. The molecule has 0 saturated heterocycles. The summed E-state index contributed by atoms with van der Waals surface area (Å²) in [6, 6.07) is 9.43. The van der Waals surface area contributed by atoms with Crippen molar-refractivity contribution in [2.75, 3.05) is 5.32 Å². The van der Waals surface area contributed by atoms with Gasteiger partial charge in [-0.1, -0.05) is 6.07 Å². The number of hydrogen-bond acceptors (Lipinski definition) is 3. The third-order valence-corrected chi connectivity index (χ3v) is 4.25. The Morgan fingerprint density at radius 3 is 2.52 bits per heavy atom. The Bertz CT molecular complexity index is 695. The van der Waals surface area contributed by atoms with Crippen LogP contribution in [-0.4, -0.2) is 4.92 Å². The molecule has 0 aromatic heterocycles. The number of anilines is 1. The van der Waals surface area contributed by atoms with Gasteiger partial charge in [-0.15, -0.1) is 0 Å². The van der Waals surface area contributed by atoms with Gasteiger partial charge in [0.1, 0.15) is 5.82 Å². The second kappa shape index (κ2) is 6.53. The molecule has 0 amide bonds. The minimum absolute atomic E-state index is 0.00696. The summed E-state index contributed by atoms with van der Waals surface area (Å²) in [5.41, 5.74) is 1.49. The molecule has 2 rings (SSSR count). The zero-order valence-corrected chi connectivity index (χ0v) is 14.1. The van der Waals surface area contributed by atoms with Gasteiger partial charge in [-0.3, -0.25) is 10.1 Å². The Hall–Kier alpha value is -1.47. The van der Waals surface area contributed by atoms with E-state index < -0.39 is 4.92 Å². The van der Waals surface area contributed by atoms with Crippen LogP contribution in [0.25, 0.3) is 0 Å². The number of rotatable bonds is 4. The Morgan fingerprint density at radius 1 is 1.19 bits per heavy atom. The molecule has 2 aromatic rings. The zero-order chi connectivity index (χ0) is 15.6. The van der Waals surface area contributed by atoms with Crippen LogP contribution in [0.2, 0.25) is 0 Å². The first kappa shape index (κ1) is 15.9. The molecule has 21 heavy (non-hydrogen) atoms. The van der Waals surface area contributed by atoms with Crippen LogP contribution in [0.5, 0.6) is 0 Å². The summed E-state index contributed by atoms with van der Waals surface area (Å²) in [6.45, 7) is 1.90. The summed E-state index contributed by atoms with van der Waals surface area (Å²) in [5.74, 6) is -0.328. The summed E-state index contributed by atoms with van der Waals surface area (Å²) in [5, 5.41) is 14.1. The number of halogens is 3. The molecule has 1 unspecified atom stereocenters. The molecule has 7 heteroatoms. The standard InChI is InChI=1S/C14H11Br2FN2O2/c1-8(9-2-5-13(17)12(16)6-9)18-10-3-4-11(15)14(7-10)19(20)21/h2-8,18H,1H3. The molecule has 2 aromatic carbocycles. The lowest BCUT2D eigenvalue weighted by molar-refractivity contribution is -0.385. The largest absolute Gasteiger partial charge is 0.378 e. The van der Waals surface area contributed by atoms with E-state index in [9.17, 15) is 14.5 Å². The summed E-state index contributed by atoms with van der Waals surface area (Å²) >= 11 is 6.28. The molecule has 0 radical (unpaired) electrons. The van der Waals surface area contributed by atoms with Crippen LogP contribution in [0.15, 0.2) is 45.3 Å². The first-order chi connectivity index (χ1) is 9.88. The minimum Gasteiger partial charge on any atom is -0.378 e. The van der Waals surface area contributed by atoms with Gasteiger partial charge in [0.25, 0.3) is 5.69 Å². The zero-order valence-electron chi connectivity index (χ0n) is 10.9. The Labute approximate surface area is 137 Å². The van der Waals surface area contributed by atoms with E-state index in [1.54, 1.807) is 24.3 Å². The van der Waals surface area contributed by atoms with E-state index in [0.29, 0.717) is 14.6 Å². The minimum atomic E-state index is -0.450. The molecule has 1 N–H and O–H groups in total. The van der Waals surface area contributed by atoms with Crippen molar-refractivity contribution in [1.82, 2.24) is 0 Å². The number of nitrogens with zero attached hydrogens (tertiary/aromatic N) is 1. The van der Waals surface area contributed by atoms with Crippen molar-refractivity contribution in [3.63, 3.8) is 0 Å². The van der Waals surface area contributed by atoms with Gasteiger partial charge in [-0.25, -0.2) is 4.39 Å². The normalized spacial score (nSPS) is 12.0. The van der Waals surface area contributed by atoms with Crippen molar-refractivity contribution < 1.29 is 9.31 Å². The predicted molar refractivity (Wildman–Crippen MR) is 86.9 cm³/mol. The SMILES string of the molecule is CC(Nc1ccc(Br)c([N+](=O)[O-])c1)c1ccc(F)c(Br)c1. The molecule has 0 aliphatic rings. The van der Waals surface area contributed by atoms with Crippen molar-refractivity contribution in [2.45, 2.75) is 13.0 Å². The van der Waals surface area contributed by atoms with Gasteiger partial charge in [0.2, 0.25) is 0 Å². The lowest BCUT2D eigenvalue weighted by Crippen LogP contribution is -2.07. The first-order valence-corrected chi connectivity index (χ1v) is 7.62. The molecule has 0 aliphatic heterocycles. The second-order valence-corrected chi connectivity index (χ2v) is 6.17. The van der Waals surface area contributed by atoms with E-state index in [1.165, 1.54) is 12.1 Å². The lowest BCUT2D eigenvalue weighted by Gasteiger charge is -2.16. The topological polar surface area (TPSA) is 55.2 Å². The molecule has 0 fully saturated rings. The number of benzene rings is 2. The summed E-state index contributed by atoms with van der Waals surface area (Å²) in [7, 11) is 0. The smallest absolute Gasteiger partial charge is 0.285 e. The highest BCUT2D eigenvalue weighted by atomic mass is 79.9. The summed E-state index contributed by atoms with van der Waals surface area (Å²) < 4.78 is 14.0. The molecular weight excluding hydrogens is 407 g/mol. The third kappa shape index (κ3) is 3.79. The average molecular weight is 418 g/mol. The molecule has 0 spiro atoms. The maximum atomic E-state index is 13.2. The van der Waals surface area contributed by atoms with Crippen LogP contribution in [0.1, 0.15) is 18.5 Å². The molecule has 110 valence electrons. The van der Waals surface area contributed by atoms with E-state index in [1.807, 2.05) is 6.92 Å². The van der Waals surface area contributed by atoms with Crippen molar-refractivity contribution in [3.8, 4) is 0 Å². The highest BCUT2D eigenvalue weighted by Gasteiger charge is 2.14. The van der Waals surface area contributed by atoms with Gasteiger partial charge >= 0.3 is 0 Å². The third-order valence-electron chi connectivity index (χ3n) is 2.97. The fourth-order valence-corrected chi connectivity index (χ4v) is 2.65. The van der Waals surface area contributed by atoms with Gasteiger partial charge in [-0.05, 0) is 68.6 Å².